The lowest BCUT2D eigenvalue weighted by Crippen LogP contribution is -2.43. The minimum Gasteiger partial charge on any atom is -0.478 e. The van der Waals surface area contributed by atoms with Crippen molar-refractivity contribution in [2.75, 3.05) is 18.4 Å². The number of aliphatic hydroxyl groups is 1. The van der Waals surface area contributed by atoms with Crippen molar-refractivity contribution in [1.29, 1.82) is 0 Å². The number of rotatable bonds is 2. The summed E-state index contributed by atoms with van der Waals surface area (Å²) in [6.07, 6.45) is 0.564. The molecule has 0 spiro atoms. The van der Waals surface area contributed by atoms with Gasteiger partial charge in [-0.15, -0.1) is 0 Å². The molecule has 5 N–H and O–H groups in total. The molecule has 96 valence electrons. The van der Waals surface area contributed by atoms with Crippen LogP contribution in [0.25, 0.3) is 0 Å². The maximum atomic E-state index is 11.5. The van der Waals surface area contributed by atoms with Crippen molar-refractivity contribution in [2.24, 2.45) is 4.99 Å². The fourth-order valence-electron chi connectivity index (χ4n) is 1.44. The molecule has 1 aromatic rings. The van der Waals surface area contributed by atoms with E-state index in [2.05, 4.69) is 20.6 Å². The fraction of sp³-hybridized carbons (Fsp3) is 0.300. The number of β-amino-alcohol motifs (C(OH)–C–C–N with tert-alkyl or cyclic N) is 1. The van der Waals surface area contributed by atoms with Gasteiger partial charge in [-0.1, -0.05) is 0 Å². The molecular formula is C10H12N4O4. The van der Waals surface area contributed by atoms with Gasteiger partial charge in [-0.2, -0.15) is 0 Å². The smallest absolute Gasteiger partial charge is 0.337 e. The maximum absolute atomic E-state index is 11.5. The van der Waals surface area contributed by atoms with Crippen LogP contribution in [0.3, 0.4) is 0 Å². The summed E-state index contributed by atoms with van der Waals surface area (Å²) < 4.78 is 0. The molecule has 0 aromatic carbocycles. The van der Waals surface area contributed by atoms with E-state index in [1.54, 1.807) is 0 Å². The molecule has 0 radical (unpaired) electrons. The summed E-state index contributed by atoms with van der Waals surface area (Å²) >= 11 is 0. The van der Waals surface area contributed by atoms with E-state index < -0.39 is 17.6 Å². The Labute approximate surface area is 101 Å². The van der Waals surface area contributed by atoms with E-state index in [9.17, 15) is 14.7 Å². The molecule has 8 heteroatoms. The number of hydrogen-bond acceptors (Lipinski definition) is 6. The summed E-state index contributed by atoms with van der Waals surface area (Å²) in [4.78, 5) is 28.5. The lowest BCUT2D eigenvalue weighted by Gasteiger charge is -2.19. The summed E-state index contributed by atoms with van der Waals surface area (Å²) in [5.41, 5.74) is -0.401. The van der Waals surface area contributed by atoms with Crippen molar-refractivity contribution in [3.05, 3.63) is 28.2 Å². The summed E-state index contributed by atoms with van der Waals surface area (Å²) in [6.45, 7) is 0.550. The summed E-state index contributed by atoms with van der Waals surface area (Å²) in [5.74, 6) is -0.809. The quantitative estimate of drug-likeness (QED) is 0.450. The third-order valence-corrected chi connectivity index (χ3v) is 2.37. The number of guanidine groups is 1. The van der Waals surface area contributed by atoms with Crippen LogP contribution < -0.4 is 16.2 Å². The number of carboxylic acids is 1. The molecule has 0 amide bonds. The zero-order chi connectivity index (χ0) is 13.1. The van der Waals surface area contributed by atoms with Gasteiger partial charge in [-0.25, -0.2) is 4.79 Å². The van der Waals surface area contributed by atoms with Gasteiger partial charge >= 0.3 is 5.97 Å². The Morgan fingerprint density at radius 2 is 2.33 bits per heavy atom. The number of hydrogen-bond donors (Lipinski definition) is 5. The van der Waals surface area contributed by atoms with Gasteiger partial charge in [0.1, 0.15) is 5.69 Å². The van der Waals surface area contributed by atoms with Gasteiger partial charge in [0.15, 0.2) is 5.96 Å². The minimum atomic E-state index is -1.14. The number of H-pyrrole nitrogens is 1. The number of aliphatic hydroxyl groups excluding tert-OH is 1. The van der Waals surface area contributed by atoms with E-state index >= 15 is 0 Å². The van der Waals surface area contributed by atoms with E-state index in [0.29, 0.717) is 12.5 Å². The third-order valence-electron chi connectivity index (χ3n) is 2.37. The number of aromatic carboxylic acids is 1. The molecule has 0 aliphatic carbocycles. The molecule has 2 heterocycles. The average molecular weight is 252 g/mol. The van der Waals surface area contributed by atoms with E-state index in [1.165, 1.54) is 6.07 Å². The normalized spacial score (nSPS) is 18.7. The summed E-state index contributed by atoms with van der Waals surface area (Å²) in [7, 11) is 0. The molecule has 1 unspecified atom stereocenters. The molecule has 1 aliphatic heterocycles. The summed E-state index contributed by atoms with van der Waals surface area (Å²) in [6, 6.07) is 1.22. The van der Waals surface area contributed by atoms with Crippen molar-refractivity contribution in [2.45, 2.75) is 6.10 Å². The van der Waals surface area contributed by atoms with Gasteiger partial charge < -0.3 is 25.8 Å². The van der Waals surface area contributed by atoms with Gasteiger partial charge in [-0.05, 0) is 6.07 Å². The van der Waals surface area contributed by atoms with E-state index in [4.69, 9.17) is 5.11 Å². The lowest BCUT2D eigenvalue weighted by molar-refractivity contribution is 0.0696. The third kappa shape index (κ3) is 2.66. The molecule has 0 saturated carbocycles. The van der Waals surface area contributed by atoms with Crippen LogP contribution in [0.2, 0.25) is 0 Å². The monoisotopic (exact) mass is 252 g/mol. The molecular weight excluding hydrogens is 240 g/mol. The molecule has 0 fully saturated rings. The van der Waals surface area contributed by atoms with Gasteiger partial charge in [-0.3, -0.25) is 9.79 Å². The van der Waals surface area contributed by atoms with E-state index in [0.717, 1.165) is 6.20 Å². The Morgan fingerprint density at radius 1 is 1.56 bits per heavy atom. The molecule has 1 aliphatic rings. The first-order valence-electron chi connectivity index (χ1n) is 5.25. The zero-order valence-electron chi connectivity index (χ0n) is 9.30. The Bertz CT molecular complexity index is 551. The highest BCUT2D eigenvalue weighted by Gasteiger charge is 2.14. The fourth-order valence-corrected chi connectivity index (χ4v) is 1.44. The van der Waals surface area contributed by atoms with Crippen molar-refractivity contribution in [1.82, 2.24) is 10.3 Å². The van der Waals surface area contributed by atoms with Crippen molar-refractivity contribution in [3.63, 3.8) is 0 Å². The minimum absolute atomic E-state index is 0.0338. The van der Waals surface area contributed by atoms with Crippen LogP contribution >= 0.6 is 0 Å². The van der Waals surface area contributed by atoms with E-state index in [1.807, 2.05) is 0 Å². The molecule has 0 bridgehead atoms. The number of nitrogens with one attached hydrogen (secondary N) is 3. The number of aromatic amines is 1. The van der Waals surface area contributed by atoms with Crippen LogP contribution in [0.5, 0.6) is 0 Å². The Morgan fingerprint density at radius 3 is 2.94 bits per heavy atom. The topological polar surface area (TPSA) is 127 Å². The van der Waals surface area contributed by atoms with Crippen LogP contribution in [0.4, 0.5) is 5.69 Å². The number of anilines is 1. The standard InChI is InChI=1S/C10H12N4O4/c15-6-3-12-10(13-4-6)14-7-1-5(9(17)18)2-11-8(7)16/h1-2,6,15H,3-4H2,(H,11,16)(H,17,18)(H2,12,13,14). The van der Waals surface area contributed by atoms with Gasteiger partial charge in [0, 0.05) is 12.7 Å². The number of carbonyl (C=O) groups is 1. The molecule has 0 saturated heterocycles. The highest BCUT2D eigenvalue weighted by Crippen LogP contribution is 2.04. The van der Waals surface area contributed by atoms with Crippen LogP contribution in [0.15, 0.2) is 22.1 Å². The van der Waals surface area contributed by atoms with Crippen LogP contribution in [0, 0.1) is 0 Å². The maximum Gasteiger partial charge on any atom is 0.337 e. The highest BCUT2D eigenvalue weighted by atomic mass is 16.4. The van der Waals surface area contributed by atoms with E-state index in [-0.39, 0.29) is 17.8 Å². The largest absolute Gasteiger partial charge is 0.478 e. The first-order valence-corrected chi connectivity index (χ1v) is 5.25. The van der Waals surface area contributed by atoms with Gasteiger partial charge in [0.25, 0.3) is 5.56 Å². The Kier molecular flexibility index (Phi) is 3.28. The molecule has 1 aromatic heterocycles. The van der Waals surface area contributed by atoms with Gasteiger partial charge in [0.2, 0.25) is 0 Å². The van der Waals surface area contributed by atoms with Crippen LogP contribution in [0.1, 0.15) is 10.4 Å². The first kappa shape index (κ1) is 12.1. The first-order chi connectivity index (χ1) is 8.56. The van der Waals surface area contributed by atoms with Crippen molar-refractivity contribution < 1.29 is 15.0 Å². The molecule has 1 atom stereocenters. The van der Waals surface area contributed by atoms with Crippen LogP contribution in [-0.4, -0.2) is 46.3 Å². The van der Waals surface area contributed by atoms with Crippen LogP contribution in [-0.2, 0) is 0 Å². The molecule has 8 nitrogen and oxygen atoms in total. The summed E-state index contributed by atoms with van der Waals surface area (Å²) in [5, 5.41) is 23.5. The van der Waals surface area contributed by atoms with Crippen molar-refractivity contribution in [3.8, 4) is 0 Å². The van der Waals surface area contributed by atoms with Crippen molar-refractivity contribution >= 4 is 17.6 Å². The molecule has 2 rings (SSSR count). The average Bonchev–Trinajstić information content (AvgIpc) is 2.34. The second kappa shape index (κ2) is 4.88. The predicted molar refractivity (Wildman–Crippen MR) is 64.0 cm³/mol. The molecule has 18 heavy (non-hydrogen) atoms. The van der Waals surface area contributed by atoms with Gasteiger partial charge in [0.05, 0.1) is 18.2 Å². The number of carboxylic acid groups (broad SMARTS) is 1. The SMILES string of the molecule is O=C(O)c1c[nH]c(=O)c(NC2=NCC(O)CN2)c1. The number of nitrogens with zero attached hydrogens (tertiary/aromatic N) is 1. The Balaban J connectivity index is 2.21. The Hall–Kier alpha value is -2.35. The number of aromatic nitrogens is 1. The number of pyridine rings is 1. The second-order valence-corrected chi connectivity index (χ2v) is 3.79. The second-order valence-electron chi connectivity index (χ2n) is 3.79. The lowest BCUT2D eigenvalue weighted by atomic mass is 10.2. The highest BCUT2D eigenvalue weighted by molar-refractivity contribution is 5.95. The zero-order valence-corrected chi connectivity index (χ0v) is 9.30. The predicted octanol–water partition coefficient (Wildman–Crippen LogP) is -1.19. The number of aliphatic imine (C=N–C) groups is 1.